The molecule has 5 heteroatoms. The van der Waals surface area contributed by atoms with Gasteiger partial charge < -0.3 is 5.32 Å². The van der Waals surface area contributed by atoms with Crippen molar-refractivity contribution in [2.24, 2.45) is 0 Å². The summed E-state index contributed by atoms with van der Waals surface area (Å²) in [6, 6.07) is 4.05. The molecule has 100 valence electrons. The molecular formula is C14H19N5. The molecule has 1 aliphatic carbocycles. The van der Waals surface area contributed by atoms with E-state index in [0.29, 0.717) is 5.92 Å². The Morgan fingerprint density at radius 1 is 1.32 bits per heavy atom. The van der Waals surface area contributed by atoms with E-state index < -0.39 is 0 Å². The molecule has 0 spiro atoms. The molecule has 2 aromatic rings. The van der Waals surface area contributed by atoms with Crippen molar-refractivity contribution in [2.75, 3.05) is 11.9 Å². The lowest BCUT2D eigenvalue weighted by Gasteiger charge is -2.07. The van der Waals surface area contributed by atoms with Crippen molar-refractivity contribution in [3.63, 3.8) is 0 Å². The van der Waals surface area contributed by atoms with Gasteiger partial charge >= 0.3 is 0 Å². The van der Waals surface area contributed by atoms with Crippen molar-refractivity contribution in [3.8, 4) is 5.82 Å². The first kappa shape index (κ1) is 12.1. The Kier molecular flexibility index (Phi) is 3.19. The van der Waals surface area contributed by atoms with E-state index in [1.807, 2.05) is 16.9 Å². The van der Waals surface area contributed by atoms with Crippen LogP contribution in [0.25, 0.3) is 5.82 Å². The number of aromatic nitrogens is 4. The second-order valence-electron chi connectivity index (χ2n) is 4.87. The van der Waals surface area contributed by atoms with Crippen LogP contribution in [0, 0.1) is 0 Å². The van der Waals surface area contributed by atoms with Crippen LogP contribution in [0.4, 0.5) is 5.82 Å². The highest BCUT2D eigenvalue weighted by Crippen LogP contribution is 2.38. The van der Waals surface area contributed by atoms with Crippen molar-refractivity contribution >= 4 is 5.82 Å². The van der Waals surface area contributed by atoms with E-state index in [4.69, 9.17) is 0 Å². The van der Waals surface area contributed by atoms with Gasteiger partial charge in [-0.25, -0.2) is 14.6 Å². The molecule has 0 unspecified atom stereocenters. The van der Waals surface area contributed by atoms with E-state index >= 15 is 0 Å². The summed E-state index contributed by atoms with van der Waals surface area (Å²) in [4.78, 5) is 9.00. The summed E-state index contributed by atoms with van der Waals surface area (Å²) >= 11 is 0. The number of hydrogen-bond donors (Lipinski definition) is 1. The number of aryl methyl sites for hydroxylation is 1. The minimum Gasteiger partial charge on any atom is -0.370 e. The van der Waals surface area contributed by atoms with Gasteiger partial charge in [0, 0.05) is 31.1 Å². The lowest BCUT2D eigenvalue weighted by atomic mass is 10.3. The van der Waals surface area contributed by atoms with Crippen molar-refractivity contribution < 1.29 is 0 Å². The zero-order valence-electron chi connectivity index (χ0n) is 11.4. The Morgan fingerprint density at radius 2 is 2.16 bits per heavy atom. The van der Waals surface area contributed by atoms with Gasteiger partial charge in [-0.2, -0.15) is 5.10 Å². The van der Waals surface area contributed by atoms with Crippen LogP contribution < -0.4 is 5.32 Å². The Labute approximate surface area is 113 Å². The van der Waals surface area contributed by atoms with Crippen LogP contribution >= 0.6 is 0 Å². The summed E-state index contributed by atoms with van der Waals surface area (Å²) < 4.78 is 1.86. The lowest BCUT2D eigenvalue weighted by molar-refractivity contribution is 0.790. The minimum atomic E-state index is 0.668. The van der Waals surface area contributed by atoms with E-state index in [1.165, 1.54) is 18.5 Å². The molecular weight excluding hydrogens is 238 g/mol. The Balaban J connectivity index is 1.94. The molecule has 0 aliphatic heterocycles. The predicted molar refractivity (Wildman–Crippen MR) is 74.7 cm³/mol. The van der Waals surface area contributed by atoms with Gasteiger partial charge in [-0.15, -0.1) is 0 Å². The Hall–Kier alpha value is -1.91. The normalized spacial score (nSPS) is 14.6. The van der Waals surface area contributed by atoms with Crippen LogP contribution in [0.3, 0.4) is 0 Å². The van der Waals surface area contributed by atoms with Crippen LogP contribution in [0.2, 0.25) is 0 Å². The van der Waals surface area contributed by atoms with Crippen molar-refractivity contribution in [2.45, 2.75) is 39.0 Å². The fourth-order valence-electron chi connectivity index (χ4n) is 2.09. The van der Waals surface area contributed by atoms with Gasteiger partial charge in [-0.1, -0.05) is 6.92 Å². The summed E-state index contributed by atoms with van der Waals surface area (Å²) in [7, 11) is 0. The average molecular weight is 257 g/mol. The van der Waals surface area contributed by atoms with Gasteiger partial charge in [0.1, 0.15) is 11.6 Å². The molecule has 1 saturated carbocycles. The zero-order chi connectivity index (χ0) is 13.2. The molecule has 3 rings (SSSR count). The van der Waals surface area contributed by atoms with Gasteiger partial charge in [-0.05, 0) is 25.8 Å². The van der Waals surface area contributed by atoms with Gasteiger partial charge in [0.25, 0.3) is 0 Å². The summed E-state index contributed by atoms with van der Waals surface area (Å²) in [5.41, 5.74) is 1.18. The highest BCUT2D eigenvalue weighted by molar-refractivity contribution is 5.41. The van der Waals surface area contributed by atoms with Crippen LogP contribution in [-0.2, 0) is 6.42 Å². The molecule has 1 aliphatic rings. The van der Waals surface area contributed by atoms with Crippen molar-refractivity contribution in [3.05, 3.63) is 29.8 Å². The maximum Gasteiger partial charge on any atom is 0.159 e. The third-order valence-electron chi connectivity index (χ3n) is 3.27. The number of hydrogen-bond acceptors (Lipinski definition) is 4. The minimum absolute atomic E-state index is 0.668. The summed E-state index contributed by atoms with van der Waals surface area (Å²) in [5, 5.41) is 7.86. The maximum atomic E-state index is 4.62. The van der Waals surface area contributed by atoms with Crippen LogP contribution in [0.5, 0.6) is 0 Å². The molecule has 0 aromatic carbocycles. The van der Waals surface area contributed by atoms with E-state index in [-0.39, 0.29) is 0 Å². The number of rotatable bonds is 5. The monoisotopic (exact) mass is 257 g/mol. The molecule has 0 bridgehead atoms. The first-order chi connectivity index (χ1) is 9.30. The molecule has 2 heterocycles. The van der Waals surface area contributed by atoms with Crippen molar-refractivity contribution in [1.82, 2.24) is 19.7 Å². The van der Waals surface area contributed by atoms with Gasteiger partial charge in [-0.3, -0.25) is 0 Å². The highest BCUT2D eigenvalue weighted by Gasteiger charge is 2.26. The third kappa shape index (κ3) is 2.59. The molecule has 1 N–H and O–H groups in total. The molecule has 1 fully saturated rings. The quantitative estimate of drug-likeness (QED) is 0.894. The topological polar surface area (TPSA) is 55.6 Å². The molecule has 5 nitrogen and oxygen atoms in total. The third-order valence-corrected chi connectivity index (χ3v) is 3.27. The fourth-order valence-corrected chi connectivity index (χ4v) is 2.09. The first-order valence-corrected chi connectivity index (χ1v) is 6.98. The Morgan fingerprint density at radius 3 is 2.84 bits per heavy atom. The van der Waals surface area contributed by atoms with E-state index in [0.717, 1.165) is 30.4 Å². The predicted octanol–water partition coefficient (Wildman–Crippen LogP) is 2.53. The number of nitrogens with zero attached hydrogens (tertiary/aromatic N) is 4. The standard InChI is InChI=1S/C14H19N5/c1-3-12-16-13(15-4-2)9-14(17-12)19-8-7-11(18-19)10-5-6-10/h7-10H,3-6H2,1-2H3,(H,15,16,17). The van der Waals surface area contributed by atoms with Crippen LogP contribution in [0.15, 0.2) is 18.3 Å². The molecule has 0 radical (unpaired) electrons. The largest absolute Gasteiger partial charge is 0.370 e. The van der Waals surface area contributed by atoms with Gasteiger partial charge in [0.05, 0.1) is 5.69 Å². The second kappa shape index (κ2) is 4.99. The fraction of sp³-hybridized carbons (Fsp3) is 0.500. The molecule has 2 aromatic heterocycles. The molecule has 0 amide bonds. The van der Waals surface area contributed by atoms with E-state index in [9.17, 15) is 0 Å². The summed E-state index contributed by atoms with van der Waals surface area (Å²) in [6.45, 7) is 4.98. The smallest absolute Gasteiger partial charge is 0.159 e. The van der Waals surface area contributed by atoms with Gasteiger partial charge in [0.2, 0.25) is 0 Å². The van der Waals surface area contributed by atoms with Crippen LogP contribution in [-0.4, -0.2) is 26.3 Å². The highest BCUT2D eigenvalue weighted by atomic mass is 15.3. The Bertz CT molecular complexity index is 571. The first-order valence-electron chi connectivity index (χ1n) is 6.98. The molecule has 19 heavy (non-hydrogen) atoms. The van der Waals surface area contributed by atoms with Gasteiger partial charge in [0.15, 0.2) is 5.82 Å². The summed E-state index contributed by atoms with van der Waals surface area (Å²) in [6.07, 6.45) is 5.35. The number of nitrogens with one attached hydrogen (secondary N) is 1. The second-order valence-corrected chi connectivity index (χ2v) is 4.87. The van der Waals surface area contributed by atoms with Crippen molar-refractivity contribution in [1.29, 1.82) is 0 Å². The van der Waals surface area contributed by atoms with E-state index in [1.54, 1.807) is 0 Å². The lowest BCUT2D eigenvalue weighted by Crippen LogP contribution is -2.08. The van der Waals surface area contributed by atoms with Crippen LogP contribution in [0.1, 0.15) is 44.1 Å². The summed E-state index contributed by atoms with van der Waals surface area (Å²) in [5.74, 6) is 3.22. The van der Waals surface area contributed by atoms with E-state index in [2.05, 4.69) is 40.3 Å². The molecule has 0 saturated heterocycles. The average Bonchev–Trinajstić information content (AvgIpc) is 3.16. The zero-order valence-corrected chi connectivity index (χ0v) is 11.4. The molecule has 0 atom stereocenters. The number of anilines is 1. The SMILES string of the molecule is CCNc1cc(-n2ccc(C3CC3)n2)nc(CC)n1. The maximum absolute atomic E-state index is 4.62.